The van der Waals surface area contributed by atoms with E-state index in [2.05, 4.69) is 5.32 Å². The molecule has 2 heterocycles. The zero-order valence-electron chi connectivity index (χ0n) is 13.2. The number of amides is 1. The van der Waals surface area contributed by atoms with Crippen molar-refractivity contribution in [2.45, 2.75) is 44.5 Å². The normalized spacial score (nSPS) is 28.5. The number of rotatable bonds is 4. The van der Waals surface area contributed by atoms with E-state index in [-0.39, 0.29) is 26.2 Å². The minimum absolute atomic E-state index is 0.00559. The summed E-state index contributed by atoms with van der Waals surface area (Å²) in [6.07, 6.45) is -1.70. The Hall–Kier alpha value is -1.02. The highest BCUT2D eigenvalue weighted by Gasteiger charge is 2.43. The molecule has 128 valence electrons. The number of nitrogens with zero attached hydrogens (tertiary/aromatic N) is 2. The minimum Gasteiger partial charge on any atom is -0.444 e. The van der Waals surface area contributed by atoms with Crippen LogP contribution in [0.25, 0.3) is 0 Å². The fraction of sp³-hybridized carbons (Fsp3) is 0.929. The van der Waals surface area contributed by atoms with Gasteiger partial charge < -0.3 is 15.0 Å². The third-order valence-corrected chi connectivity index (χ3v) is 3.64. The van der Waals surface area contributed by atoms with Crippen molar-refractivity contribution < 1.29 is 22.7 Å². The van der Waals surface area contributed by atoms with Crippen molar-refractivity contribution in [2.75, 3.05) is 39.3 Å². The molecule has 8 heteroatoms. The average Bonchev–Trinajstić information content (AvgIpc) is 2.66. The van der Waals surface area contributed by atoms with Gasteiger partial charge in [0.25, 0.3) is 5.92 Å². The number of halogens is 3. The monoisotopic (exact) mass is 323 g/mol. The van der Waals surface area contributed by atoms with Gasteiger partial charge >= 0.3 is 6.09 Å². The highest BCUT2D eigenvalue weighted by Crippen LogP contribution is 2.25. The maximum absolute atomic E-state index is 13.9. The van der Waals surface area contributed by atoms with E-state index in [1.165, 1.54) is 4.90 Å². The fourth-order valence-corrected chi connectivity index (χ4v) is 2.61. The summed E-state index contributed by atoms with van der Waals surface area (Å²) in [5, 5.41) is 2.99. The van der Waals surface area contributed by atoms with E-state index < -0.39 is 29.8 Å². The summed E-state index contributed by atoms with van der Waals surface area (Å²) in [6.45, 7) is 5.89. The van der Waals surface area contributed by atoms with Gasteiger partial charge in [-0.25, -0.2) is 18.0 Å². The van der Waals surface area contributed by atoms with Crippen LogP contribution in [0.4, 0.5) is 18.0 Å². The molecule has 2 rings (SSSR count). The highest BCUT2D eigenvalue weighted by atomic mass is 19.3. The number of ether oxygens (including phenoxy) is 1. The maximum Gasteiger partial charge on any atom is 0.410 e. The molecule has 0 spiro atoms. The lowest BCUT2D eigenvalue weighted by Gasteiger charge is -2.38. The van der Waals surface area contributed by atoms with Crippen LogP contribution in [0.3, 0.4) is 0 Å². The van der Waals surface area contributed by atoms with Gasteiger partial charge in [0.15, 0.2) is 0 Å². The van der Waals surface area contributed by atoms with Gasteiger partial charge in [0.1, 0.15) is 11.8 Å². The molecule has 22 heavy (non-hydrogen) atoms. The Balaban J connectivity index is 1.69. The van der Waals surface area contributed by atoms with E-state index in [0.717, 1.165) is 0 Å². The molecule has 1 N–H and O–H groups in total. The van der Waals surface area contributed by atoms with Crippen LogP contribution in [0, 0.1) is 0 Å². The predicted octanol–water partition coefficient (Wildman–Crippen LogP) is 1.48. The van der Waals surface area contributed by atoms with Crippen LogP contribution >= 0.6 is 0 Å². The summed E-state index contributed by atoms with van der Waals surface area (Å²) >= 11 is 0. The van der Waals surface area contributed by atoms with Crippen LogP contribution in [-0.2, 0) is 4.74 Å². The molecule has 0 bridgehead atoms. The molecule has 0 saturated carbocycles. The first-order valence-corrected chi connectivity index (χ1v) is 7.51. The Kier molecular flexibility index (Phi) is 4.91. The quantitative estimate of drug-likeness (QED) is 0.851. The lowest BCUT2D eigenvalue weighted by molar-refractivity contribution is -0.129. The molecule has 0 aromatic carbocycles. The van der Waals surface area contributed by atoms with Crippen LogP contribution in [0.2, 0.25) is 0 Å². The molecule has 2 aliphatic rings. The molecular weight excluding hydrogens is 299 g/mol. The second-order valence-corrected chi connectivity index (χ2v) is 7.03. The summed E-state index contributed by atoms with van der Waals surface area (Å²) in [4.78, 5) is 14.8. The van der Waals surface area contributed by atoms with E-state index in [9.17, 15) is 18.0 Å². The van der Waals surface area contributed by atoms with Crippen molar-refractivity contribution in [3.8, 4) is 0 Å². The number of carbonyl (C=O) groups excluding carboxylic acids is 1. The summed E-state index contributed by atoms with van der Waals surface area (Å²) in [7, 11) is 0. The third kappa shape index (κ3) is 4.74. The summed E-state index contributed by atoms with van der Waals surface area (Å²) in [5.74, 6) is -2.58. The smallest absolute Gasteiger partial charge is 0.410 e. The van der Waals surface area contributed by atoms with Gasteiger partial charge in [0.2, 0.25) is 0 Å². The van der Waals surface area contributed by atoms with E-state index in [1.807, 2.05) is 0 Å². The number of likely N-dealkylation sites (tertiary alicyclic amines) is 2. The number of hydrogen-bond acceptors (Lipinski definition) is 4. The van der Waals surface area contributed by atoms with Gasteiger partial charge in [-0.15, -0.1) is 0 Å². The van der Waals surface area contributed by atoms with Crippen molar-refractivity contribution in [2.24, 2.45) is 0 Å². The number of hydrogen-bond donors (Lipinski definition) is 1. The highest BCUT2D eigenvalue weighted by molar-refractivity contribution is 5.68. The molecule has 0 aromatic heterocycles. The molecule has 2 unspecified atom stereocenters. The minimum atomic E-state index is -2.58. The van der Waals surface area contributed by atoms with Gasteiger partial charge in [0.05, 0.1) is 25.7 Å². The molecule has 2 atom stereocenters. The summed E-state index contributed by atoms with van der Waals surface area (Å²) < 4.78 is 44.5. The number of carbonyl (C=O) groups is 1. The fourth-order valence-electron chi connectivity index (χ4n) is 2.61. The lowest BCUT2D eigenvalue weighted by atomic mass is 10.1. The SMILES string of the molecule is CC(C)(C)OC(=O)N1CC(F)C(NCCN2CC(F)(F)C2)C1. The Morgan fingerprint density at radius 1 is 1.32 bits per heavy atom. The van der Waals surface area contributed by atoms with Crippen molar-refractivity contribution in [1.82, 2.24) is 15.1 Å². The largest absolute Gasteiger partial charge is 0.444 e. The molecule has 2 fully saturated rings. The molecule has 1 amide bonds. The van der Waals surface area contributed by atoms with E-state index >= 15 is 0 Å². The molecule has 0 radical (unpaired) electrons. The molecule has 2 saturated heterocycles. The van der Waals surface area contributed by atoms with Crippen LogP contribution in [0.15, 0.2) is 0 Å². The Morgan fingerprint density at radius 3 is 2.50 bits per heavy atom. The standard InChI is InChI=1S/C14H24F3N3O2/c1-13(2,3)22-12(21)20-6-10(15)11(7-20)18-4-5-19-8-14(16,17)9-19/h10-11,18H,4-9H2,1-3H3. The first kappa shape index (κ1) is 17.3. The molecule has 0 aromatic rings. The summed E-state index contributed by atoms with van der Waals surface area (Å²) in [6, 6.07) is -0.477. The van der Waals surface area contributed by atoms with Gasteiger partial charge in [-0.05, 0) is 20.8 Å². The first-order chi connectivity index (χ1) is 10.1. The molecule has 0 aliphatic carbocycles. The number of alkyl halides is 3. The van der Waals surface area contributed by atoms with Gasteiger partial charge in [-0.3, -0.25) is 4.90 Å². The maximum atomic E-state index is 13.9. The summed E-state index contributed by atoms with van der Waals surface area (Å²) in [5.41, 5.74) is -0.614. The number of nitrogens with one attached hydrogen (secondary N) is 1. The average molecular weight is 323 g/mol. The van der Waals surface area contributed by atoms with Crippen molar-refractivity contribution in [1.29, 1.82) is 0 Å². The second-order valence-electron chi connectivity index (χ2n) is 7.03. The predicted molar refractivity (Wildman–Crippen MR) is 75.9 cm³/mol. The third-order valence-electron chi connectivity index (χ3n) is 3.64. The first-order valence-electron chi connectivity index (χ1n) is 7.51. The Morgan fingerprint density at radius 2 is 1.95 bits per heavy atom. The Labute approximate surface area is 128 Å². The molecular formula is C14H24F3N3O2. The van der Waals surface area contributed by atoms with Gasteiger partial charge in [-0.1, -0.05) is 0 Å². The van der Waals surface area contributed by atoms with E-state index in [1.54, 1.807) is 25.7 Å². The molecule has 2 aliphatic heterocycles. The zero-order chi connectivity index (χ0) is 16.5. The van der Waals surface area contributed by atoms with Gasteiger partial charge in [-0.2, -0.15) is 0 Å². The van der Waals surface area contributed by atoms with Crippen molar-refractivity contribution in [3.63, 3.8) is 0 Å². The van der Waals surface area contributed by atoms with Gasteiger partial charge in [0, 0.05) is 19.6 Å². The van der Waals surface area contributed by atoms with Crippen molar-refractivity contribution in [3.05, 3.63) is 0 Å². The second kappa shape index (κ2) is 6.23. The molecule has 5 nitrogen and oxygen atoms in total. The van der Waals surface area contributed by atoms with Crippen LogP contribution < -0.4 is 5.32 Å². The van der Waals surface area contributed by atoms with E-state index in [0.29, 0.717) is 13.1 Å². The Bertz CT molecular complexity index is 407. The van der Waals surface area contributed by atoms with Crippen LogP contribution in [0.5, 0.6) is 0 Å². The van der Waals surface area contributed by atoms with Crippen LogP contribution in [-0.4, -0.2) is 78.9 Å². The van der Waals surface area contributed by atoms with Crippen molar-refractivity contribution >= 4 is 6.09 Å². The van der Waals surface area contributed by atoms with Crippen LogP contribution in [0.1, 0.15) is 20.8 Å². The van der Waals surface area contributed by atoms with E-state index in [4.69, 9.17) is 4.74 Å². The zero-order valence-corrected chi connectivity index (χ0v) is 13.2. The topological polar surface area (TPSA) is 44.8 Å². The lowest BCUT2D eigenvalue weighted by Crippen LogP contribution is -2.58.